The van der Waals surface area contributed by atoms with E-state index in [9.17, 15) is 0 Å². The zero-order valence-corrected chi connectivity index (χ0v) is 17.3. The zero-order chi connectivity index (χ0) is 18.4. The van der Waals surface area contributed by atoms with Crippen molar-refractivity contribution in [3.63, 3.8) is 0 Å². The highest BCUT2D eigenvalue weighted by Gasteiger charge is 2.23. The van der Waals surface area contributed by atoms with E-state index in [4.69, 9.17) is 0 Å². The van der Waals surface area contributed by atoms with Gasteiger partial charge in [-0.3, -0.25) is 0 Å². The van der Waals surface area contributed by atoms with Crippen LogP contribution in [-0.4, -0.2) is 0 Å². The Morgan fingerprint density at radius 2 is 1.62 bits per heavy atom. The van der Waals surface area contributed by atoms with Crippen LogP contribution in [0, 0.1) is 11.8 Å². The summed E-state index contributed by atoms with van der Waals surface area (Å²) in [6, 6.07) is 14.4. The molecule has 2 aromatic rings. The van der Waals surface area contributed by atoms with E-state index in [1.165, 1.54) is 80.5 Å². The number of rotatable bonds is 8. The van der Waals surface area contributed by atoms with Crippen molar-refractivity contribution in [3.8, 4) is 0 Å². The molecule has 0 heterocycles. The van der Waals surface area contributed by atoms with Crippen LogP contribution in [0.2, 0.25) is 0 Å². The first kappa shape index (κ1) is 19.5. The van der Waals surface area contributed by atoms with Crippen molar-refractivity contribution in [1.29, 1.82) is 0 Å². The van der Waals surface area contributed by atoms with Gasteiger partial charge in [0, 0.05) is 0 Å². The summed E-state index contributed by atoms with van der Waals surface area (Å²) in [5, 5.41) is 2.86. The quantitative estimate of drug-likeness (QED) is 0.420. The number of hydrogen-bond acceptors (Lipinski definition) is 0. The summed E-state index contributed by atoms with van der Waals surface area (Å²) < 4.78 is 0. The van der Waals surface area contributed by atoms with Crippen LogP contribution in [0.1, 0.15) is 95.6 Å². The molecule has 1 aliphatic rings. The summed E-state index contributed by atoms with van der Waals surface area (Å²) in [4.78, 5) is 0. The van der Waals surface area contributed by atoms with Crippen LogP contribution in [0.5, 0.6) is 0 Å². The van der Waals surface area contributed by atoms with Gasteiger partial charge in [0.2, 0.25) is 0 Å². The van der Waals surface area contributed by atoms with Crippen LogP contribution in [-0.2, 0) is 6.42 Å². The number of fused-ring (bicyclic) bond motifs is 1. The first-order valence-electron chi connectivity index (χ1n) is 11.2. The van der Waals surface area contributed by atoms with Crippen molar-refractivity contribution in [2.75, 3.05) is 0 Å². The molecule has 1 saturated carbocycles. The molecular formula is C26H38. The van der Waals surface area contributed by atoms with Gasteiger partial charge in [-0.25, -0.2) is 0 Å². The maximum Gasteiger partial charge on any atom is -0.0162 e. The molecule has 0 spiro atoms. The molecule has 0 radical (unpaired) electrons. The molecule has 0 aromatic heterocycles. The van der Waals surface area contributed by atoms with Crippen molar-refractivity contribution < 1.29 is 0 Å². The molecule has 142 valence electrons. The maximum atomic E-state index is 2.48. The number of hydrogen-bond donors (Lipinski definition) is 0. The third kappa shape index (κ3) is 5.12. The summed E-state index contributed by atoms with van der Waals surface area (Å²) >= 11 is 0. The Balaban J connectivity index is 1.61. The lowest BCUT2D eigenvalue weighted by Gasteiger charge is -2.30. The molecule has 1 unspecified atom stereocenters. The highest BCUT2D eigenvalue weighted by atomic mass is 14.3. The molecule has 0 saturated heterocycles. The zero-order valence-electron chi connectivity index (χ0n) is 17.3. The molecule has 0 aliphatic heterocycles. The van der Waals surface area contributed by atoms with Gasteiger partial charge in [0.25, 0.3) is 0 Å². The molecule has 0 nitrogen and oxygen atoms in total. The van der Waals surface area contributed by atoms with Gasteiger partial charge in [0.15, 0.2) is 0 Å². The lowest BCUT2D eigenvalue weighted by Crippen LogP contribution is -2.15. The third-order valence-corrected chi connectivity index (χ3v) is 6.75. The van der Waals surface area contributed by atoms with Crippen molar-refractivity contribution in [3.05, 3.63) is 47.5 Å². The van der Waals surface area contributed by atoms with E-state index < -0.39 is 0 Å². The fourth-order valence-electron chi connectivity index (χ4n) is 4.77. The summed E-state index contributed by atoms with van der Waals surface area (Å²) in [7, 11) is 0. The summed E-state index contributed by atoms with van der Waals surface area (Å²) in [5.74, 6) is 2.67. The first-order valence-corrected chi connectivity index (χ1v) is 11.2. The minimum Gasteiger partial charge on any atom is -0.0654 e. The molecule has 26 heavy (non-hydrogen) atoms. The molecule has 2 aromatic carbocycles. The minimum atomic E-state index is 0.789. The van der Waals surface area contributed by atoms with Gasteiger partial charge in [-0.15, -0.1) is 0 Å². The molecule has 1 fully saturated rings. The topological polar surface area (TPSA) is 0 Å². The standard InChI is InChI=1S/C26H38/c1-4-6-7-8-21-11-14-26-19-25(16-15-24(26)18-21)23-12-9-22(10-13-23)17-20(3)5-2/h11,14-16,18-20,22-23H,4-10,12-13,17H2,1-3H3/t20?,22-,23-. The molecule has 0 amide bonds. The van der Waals surface area contributed by atoms with Gasteiger partial charge in [-0.2, -0.15) is 0 Å². The Bertz CT molecular complexity index is 675. The SMILES string of the molecule is CCCCCc1ccc2cc([C@H]3CC[C@H](CC(C)CC)CC3)ccc2c1. The Kier molecular flexibility index (Phi) is 7.17. The van der Waals surface area contributed by atoms with E-state index in [0.717, 1.165) is 17.8 Å². The Labute approximate surface area is 161 Å². The van der Waals surface area contributed by atoms with Gasteiger partial charge in [0.05, 0.1) is 0 Å². The van der Waals surface area contributed by atoms with Crippen LogP contribution in [0.3, 0.4) is 0 Å². The van der Waals surface area contributed by atoms with E-state index in [0.29, 0.717) is 0 Å². The largest absolute Gasteiger partial charge is 0.0654 e. The third-order valence-electron chi connectivity index (χ3n) is 6.75. The molecular weight excluding hydrogens is 312 g/mol. The Morgan fingerprint density at radius 3 is 2.35 bits per heavy atom. The van der Waals surface area contributed by atoms with Crippen molar-refractivity contribution in [1.82, 2.24) is 0 Å². The van der Waals surface area contributed by atoms with E-state index in [1.54, 1.807) is 5.56 Å². The normalized spacial score (nSPS) is 21.8. The molecule has 1 atom stereocenters. The molecule has 0 heteroatoms. The van der Waals surface area contributed by atoms with Crippen LogP contribution >= 0.6 is 0 Å². The second-order valence-corrected chi connectivity index (χ2v) is 8.86. The highest BCUT2D eigenvalue weighted by molar-refractivity contribution is 5.84. The minimum absolute atomic E-state index is 0.789. The van der Waals surface area contributed by atoms with Crippen LogP contribution in [0.15, 0.2) is 36.4 Å². The van der Waals surface area contributed by atoms with E-state index in [2.05, 4.69) is 57.2 Å². The monoisotopic (exact) mass is 350 g/mol. The number of aryl methyl sites for hydroxylation is 1. The second-order valence-electron chi connectivity index (χ2n) is 8.86. The maximum absolute atomic E-state index is 2.48. The van der Waals surface area contributed by atoms with E-state index >= 15 is 0 Å². The molecule has 0 bridgehead atoms. The summed E-state index contributed by atoms with van der Waals surface area (Å²) in [6.45, 7) is 7.03. The van der Waals surface area contributed by atoms with Gasteiger partial charge in [-0.1, -0.05) is 76.4 Å². The summed E-state index contributed by atoms with van der Waals surface area (Å²) in [6.07, 6.45) is 13.6. The van der Waals surface area contributed by atoms with Crippen LogP contribution < -0.4 is 0 Å². The Morgan fingerprint density at radius 1 is 0.885 bits per heavy atom. The fraction of sp³-hybridized carbons (Fsp3) is 0.615. The Hall–Kier alpha value is -1.30. The van der Waals surface area contributed by atoms with E-state index in [-0.39, 0.29) is 0 Å². The molecule has 1 aliphatic carbocycles. The second kappa shape index (κ2) is 9.58. The smallest absolute Gasteiger partial charge is 0.0162 e. The van der Waals surface area contributed by atoms with Gasteiger partial charge in [-0.05, 0) is 84.6 Å². The van der Waals surface area contributed by atoms with Crippen molar-refractivity contribution >= 4 is 10.8 Å². The van der Waals surface area contributed by atoms with Gasteiger partial charge in [0.1, 0.15) is 0 Å². The number of unbranched alkanes of at least 4 members (excludes halogenated alkanes) is 2. The molecule has 0 N–H and O–H groups in total. The molecule has 3 rings (SSSR count). The average Bonchev–Trinajstić information content (AvgIpc) is 2.68. The predicted octanol–water partition coefficient (Wildman–Crippen LogP) is 8.28. The lowest BCUT2D eigenvalue weighted by molar-refractivity contribution is 0.273. The first-order chi connectivity index (χ1) is 12.7. The number of benzene rings is 2. The van der Waals surface area contributed by atoms with Gasteiger partial charge < -0.3 is 0 Å². The lowest BCUT2D eigenvalue weighted by atomic mass is 9.75. The highest BCUT2D eigenvalue weighted by Crippen LogP contribution is 2.39. The van der Waals surface area contributed by atoms with Crippen molar-refractivity contribution in [2.24, 2.45) is 11.8 Å². The average molecular weight is 351 g/mol. The fourth-order valence-corrected chi connectivity index (χ4v) is 4.77. The van der Waals surface area contributed by atoms with Crippen LogP contribution in [0.25, 0.3) is 10.8 Å². The predicted molar refractivity (Wildman–Crippen MR) is 116 cm³/mol. The van der Waals surface area contributed by atoms with E-state index in [1.807, 2.05) is 0 Å². The van der Waals surface area contributed by atoms with Crippen LogP contribution in [0.4, 0.5) is 0 Å². The van der Waals surface area contributed by atoms with Gasteiger partial charge >= 0.3 is 0 Å². The summed E-state index contributed by atoms with van der Waals surface area (Å²) in [5.41, 5.74) is 3.09. The van der Waals surface area contributed by atoms with Crippen molar-refractivity contribution in [2.45, 2.75) is 90.9 Å².